The summed E-state index contributed by atoms with van der Waals surface area (Å²) in [6.07, 6.45) is 3.99. The molecule has 8 heteroatoms. The van der Waals surface area contributed by atoms with Gasteiger partial charge in [-0.05, 0) is 12.8 Å². The largest absolute Gasteiger partial charge is 0.496 e. The summed E-state index contributed by atoms with van der Waals surface area (Å²) >= 11 is 0. The average Bonchev–Trinajstić information content (AvgIpc) is 3.36. The van der Waals surface area contributed by atoms with E-state index in [0.29, 0.717) is 18.3 Å². The second-order valence-electron chi connectivity index (χ2n) is 6.99. The zero-order valence-corrected chi connectivity index (χ0v) is 14.9. The zero-order valence-electron chi connectivity index (χ0n) is 14.9. The van der Waals surface area contributed by atoms with Gasteiger partial charge in [0.25, 0.3) is 5.91 Å². The highest BCUT2D eigenvalue weighted by Gasteiger charge is 2.30. The number of hydrogen-bond donors (Lipinski definition) is 2. The molecule has 4 rings (SSSR count). The van der Waals surface area contributed by atoms with Crippen LogP contribution in [0.2, 0.25) is 0 Å². The number of amides is 1. The van der Waals surface area contributed by atoms with Crippen LogP contribution in [0.4, 0.5) is 0 Å². The van der Waals surface area contributed by atoms with Crippen LogP contribution in [0, 0.1) is 0 Å². The summed E-state index contributed by atoms with van der Waals surface area (Å²) in [6.45, 7) is 2.84. The standard InChI is InChI=1S/C18H24N6O2/c1-26-17-12(7-19)3-2-4-13(17)8-23-9-14(10-23)20-18(25)16-11-24(22-21-16)15-5-6-15/h2-4,11,14-15H,5-10,19H2,1H3,(H,20,25). The van der Waals surface area contributed by atoms with Gasteiger partial charge in [-0.3, -0.25) is 9.69 Å². The minimum atomic E-state index is -0.149. The number of hydrogen-bond acceptors (Lipinski definition) is 6. The molecule has 1 aliphatic heterocycles. The molecular weight excluding hydrogens is 332 g/mol. The fourth-order valence-corrected chi connectivity index (χ4v) is 3.37. The molecule has 2 aliphatic rings. The van der Waals surface area contributed by atoms with Crippen molar-refractivity contribution in [3.8, 4) is 5.75 Å². The summed E-state index contributed by atoms with van der Waals surface area (Å²) in [7, 11) is 1.67. The van der Waals surface area contributed by atoms with Crippen LogP contribution in [0.25, 0.3) is 0 Å². The van der Waals surface area contributed by atoms with Crippen molar-refractivity contribution in [1.29, 1.82) is 0 Å². The molecule has 1 aromatic heterocycles. The highest BCUT2D eigenvalue weighted by atomic mass is 16.5. The molecule has 8 nitrogen and oxygen atoms in total. The van der Waals surface area contributed by atoms with E-state index in [1.165, 1.54) is 0 Å². The lowest BCUT2D eigenvalue weighted by Gasteiger charge is -2.39. The van der Waals surface area contributed by atoms with Gasteiger partial charge in [0, 0.05) is 37.3 Å². The van der Waals surface area contributed by atoms with Crippen LogP contribution in [-0.2, 0) is 13.1 Å². The van der Waals surface area contributed by atoms with Crippen molar-refractivity contribution in [3.63, 3.8) is 0 Å². The van der Waals surface area contributed by atoms with Crippen LogP contribution in [0.3, 0.4) is 0 Å². The first-order valence-electron chi connectivity index (χ1n) is 8.97. The van der Waals surface area contributed by atoms with Crippen molar-refractivity contribution in [2.24, 2.45) is 5.73 Å². The quantitative estimate of drug-likeness (QED) is 0.758. The second kappa shape index (κ2) is 7.05. The molecule has 26 heavy (non-hydrogen) atoms. The van der Waals surface area contributed by atoms with E-state index >= 15 is 0 Å². The number of carbonyl (C=O) groups is 1. The van der Waals surface area contributed by atoms with E-state index in [0.717, 1.165) is 49.4 Å². The van der Waals surface area contributed by atoms with Crippen LogP contribution >= 0.6 is 0 Å². The van der Waals surface area contributed by atoms with E-state index < -0.39 is 0 Å². The highest BCUT2D eigenvalue weighted by Crippen LogP contribution is 2.33. The Kier molecular flexibility index (Phi) is 4.60. The molecular formula is C18H24N6O2. The Morgan fingerprint density at radius 1 is 1.35 bits per heavy atom. The summed E-state index contributed by atoms with van der Waals surface area (Å²) in [4.78, 5) is 14.5. The molecule has 0 unspecified atom stereocenters. The molecule has 0 spiro atoms. The first-order valence-corrected chi connectivity index (χ1v) is 8.97. The van der Waals surface area contributed by atoms with Gasteiger partial charge in [0.05, 0.1) is 25.4 Å². The summed E-state index contributed by atoms with van der Waals surface area (Å²) in [5.74, 6) is 0.712. The number of benzene rings is 1. The molecule has 2 fully saturated rings. The fraction of sp³-hybridized carbons (Fsp3) is 0.500. The topological polar surface area (TPSA) is 98.3 Å². The molecule has 2 heterocycles. The van der Waals surface area contributed by atoms with Crippen molar-refractivity contribution in [3.05, 3.63) is 41.2 Å². The maximum atomic E-state index is 12.3. The van der Waals surface area contributed by atoms with Crippen molar-refractivity contribution < 1.29 is 9.53 Å². The molecule has 1 aromatic carbocycles. The van der Waals surface area contributed by atoms with E-state index in [1.54, 1.807) is 18.0 Å². The molecule has 138 valence electrons. The highest BCUT2D eigenvalue weighted by molar-refractivity contribution is 5.92. The van der Waals surface area contributed by atoms with Crippen LogP contribution in [0.1, 0.15) is 40.5 Å². The number of rotatable bonds is 7. The Labute approximate surface area is 152 Å². The van der Waals surface area contributed by atoms with Crippen LogP contribution in [0.15, 0.2) is 24.4 Å². The van der Waals surface area contributed by atoms with Gasteiger partial charge in [0.2, 0.25) is 0 Å². The molecule has 3 N–H and O–H groups in total. The Morgan fingerprint density at radius 2 is 2.12 bits per heavy atom. The number of carbonyl (C=O) groups excluding carboxylic acids is 1. The lowest BCUT2D eigenvalue weighted by Crippen LogP contribution is -2.58. The summed E-state index contributed by atoms with van der Waals surface area (Å²) in [5.41, 5.74) is 8.30. The molecule has 1 amide bonds. The van der Waals surface area contributed by atoms with E-state index in [2.05, 4.69) is 26.6 Å². The third kappa shape index (κ3) is 3.42. The second-order valence-corrected chi connectivity index (χ2v) is 6.99. The minimum absolute atomic E-state index is 0.136. The third-order valence-corrected chi connectivity index (χ3v) is 4.95. The van der Waals surface area contributed by atoms with E-state index in [4.69, 9.17) is 10.5 Å². The van der Waals surface area contributed by atoms with Gasteiger partial charge in [0.15, 0.2) is 5.69 Å². The summed E-state index contributed by atoms with van der Waals surface area (Å²) in [5, 5.41) is 11.0. The van der Waals surface area contributed by atoms with Crippen molar-refractivity contribution in [2.45, 2.75) is 38.0 Å². The van der Waals surface area contributed by atoms with Gasteiger partial charge in [-0.1, -0.05) is 23.4 Å². The number of nitrogens with one attached hydrogen (secondary N) is 1. The molecule has 1 aliphatic carbocycles. The summed E-state index contributed by atoms with van der Waals surface area (Å²) < 4.78 is 7.31. The van der Waals surface area contributed by atoms with Gasteiger partial charge >= 0.3 is 0 Å². The maximum absolute atomic E-state index is 12.3. The van der Waals surface area contributed by atoms with Crippen molar-refractivity contribution in [1.82, 2.24) is 25.2 Å². The molecule has 1 saturated heterocycles. The monoisotopic (exact) mass is 356 g/mol. The summed E-state index contributed by atoms with van der Waals surface area (Å²) in [6, 6.07) is 6.61. The van der Waals surface area contributed by atoms with Crippen molar-refractivity contribution in [2.75, 3.05) is 20.2 Å². The Morgan fingerprint density at radius 3 is 2.81 bits per heavy atom. The van der Waals surface area contributed by atoms with Gasteiger partial charge in [0.1, 0.15) is 5.75 Å². The average molecular weight is 356 g/mol. The number of ether oxygens (including phenoxy) is 1. The number of aromatic nitrogens is 3. The van der Waals surface area contributed by atoms with Gasteiger partial charge < -0.3 is 15.8 Å². The SMILES string of the molecule is COc1c(CN)cccc1CN1CC(NC(=O)c2cn(C3CC3)nn2)C1. The Bertz CT molecular complexity index is 795. The number of nitrogens with zero attached hydrogens (tertiary/aromatic N) is 4. The van der Waals surface area contributed by atoms with Gasteiger partial charge in [-0.25, -0.2) is 4.68 Å². The fourth-order valence-electron chi connectivity index (χ4n) is 3.37. The lowest BCUT2D eigenvalue weighted by atomic mass is 10.0. The first kappa shape index (κ1) is 17.0. The normalized spacial score (nSPS) is 17.8. The van der Waals surface area contributed by atoms with Crippen LogP contribution in [-0.4, -0.2) is 52.0 Å². The van der Waals surface area contributed by atoms with Crippen LogP contribution < -0.4 is 15.8 Å². The predicted molar refractivity (Wildman–Crippen MR) is 95.7 cm³/mol. The minimum Gasteiger partial charge on any atom is -0.496 e. The third-order valence-electron chi connectivity index (χ3n) is 4.95. The van der Waals surface area contributed by atoms with E-state index in [-0.39, 0.29) is 11.9 Å². The molecule has 0 radical (unpaired) electrons. The zero-order chi connectivity index (χ0) is 18.1. The smallest absolute Gasteiger partial charge is 0.273 e. The number of para-hydroxylation sites is 1. The Balaban J connectivity index is 1.29. The Hall–Kier alpha value is -2.45. The number of methoxy groups -OCH3 is 1. The molecule has 2 aromatic rings. The van der Waals surface area contributed by atoms with Crippen LogP contribution in [0.5, 0.6) is 5.75 Å². The van der Waals surface area contributed by atoms with Gasteiger partial charge in [-0.15, -0.1) is 5.10 Å². The predicted octanol–water partition coefficient (Wildman–Crippen LogP) is 0.695. The van der Waals surface area contributed by atoms with Crippen molar-refractivity contribution >= 4 is 5.91 Å². The maximum Gasteiger partial charge on any atom is 0.273 e. The molecule has 0 bridgehead atoms. The molecule has 1 saturated carbocycles. The first-order chi connectivity index (χ1) is 12.7. The number of likely N-dealkylation sites (tertiary alicyclic amines) is 1. The van der Waals surface area contributed by atoms with E-state index in [9.17, 15) is 4.79 Å². The molecule has 0 atom stereocenters. The lowest BCUT2D eigenvalue weighted by molar-refractivity contribution is 0.0788. The van der Waals surface area contributed by atoms with E-state index in [1.807, 2.05) is 12.1 Å². The van der Waals surface area contributed by atoms with Gasteiger partial charge in [-0.2, -0.15) is 0 Å². The number of nitrogens with two attached hydrogens (primary N) is 1.